The van der Waals surface area contributed by atoms with Crippen molar-refractivity contribution in [1.82, 2.24) is 9.80 Å². The topological polar surface area (TPSA) is 56.6 Å². The molecular weight excluding hydrogens is 242 g/mol. The summed E-state index contributed by atoms with van der Waals surface area (Å²) in [5, 5.41) is 8.91. The number of nitrogens with zero attached hydrogens (tertiary/aromatic N) is 3. The number of hydrogen-bond donors (Lipinski definition) is 0. The number of amides is 1. The number of hydrogen-bond acceptors (Lipinski definition) is 4. The summed E-state index contributed by atoms with van der Waals surface area (Å²) in [6, 6.07) is 2.19. The SMILES string of the molecule is CCC1OCCC1C(=O)N1CCN(C(C)C#N)CC1. The standard InChI is InChI=1S/C14H23N3O2/c1-3-13-12(4-9-19-13)14(18)17-7-5-16(6-8-17)11(2)10-15/h11-13H,3-9H2,1-2H3. The molecule has 5 heteroatoms. The first kappa shape index (κ1) is 14.3. The fourth-order valence-corrected chi connectivity index (χ4v) is 2.98. The number of ether oxygens (including phenoxy) is 1. The van der Waals surface area contributed by atoms with Gasteiger partial charge in [-0.3, -0.25) is 9.69 Å². The predicted molar refractivity (Wildman–Crippen MR) is 71.4 cm³/mol. The van der Waals surface area contributed by atoms with E-state index in [9.17, 15) is 4.79 Å². The van der Waals surface area contributed by atoms with Gasteiger partial charge in [-0.25, -0.2) is 0 Å². The smallest absolute Gasteiger partial charge is 0.228 e. The second-order valence-electron chi connectivity index (χ2n) is 5.38. The van der Waals surface area contributed by atoms with Gasteiger partial charge in [-0.15, -0.1) is 0 Å². The van der Waals surface area contributed by atoms with Crippen molar-refractivity contribution in [2.24, 2.45) is 5.92 Å². The quantitative estimate of drug-likeness (QED) is 0.759. The third kappa shape index (κ3) is 3.07. The molecule has 0 aromatic carbocycles. The Morgan fingerprint density at radius 2 is 2.11 bits per heavy atom. The Balaban J connectivity index is 1.87. The Kier molecular flexibility index (Phi) is 4.78. The van der Waals surface area contributed by atoms with Crippen LogP contribution in [0.4, 0.5) is 0 Å². The van der Waals surface area contributed by atoms with Gasteiger partial charge < -0.3 is 9.64 Å². The fraction of sp³-hybridized carbons (Fsp3) is 0.857. The van der Waals surface area contributed by atoms with Crippen LogP contribution in [0, 0.1) is 17.2 Å². The van der Waals surface area contributed by atoms with Gasteiger partial charge in [0.1, 0.15) is 0 Å². The van der Waals surface area contributed by atoms with Crippen molar-refractivity contribution in [2.45, 2.75) is 38.8 Å². The molecule has 2 fully saturated rings. The van der Waals surface area contributed by atoms with E-state index in [1.165, 1.54) is 0 Å². The molecule has 3 unspecified atom stereocenters. The summed E-state index contributed by atoms with van der Waals surface area (Å²) >= 11 is 0. The van der Waals surface area contributed by atoms with Gasteiger partial charge >= 0.3 is 0 Å². The molecule has 0 N–H and O–H groups in total. The molecule has 0 aromatic heterocycles. The van der Waals surface area contributed by atoms with Gasteiger partial charge in [-0.05, 0) is 19.8 Å². The van der Waals surface area contributed by atoms with Crippen molar-refractivity contribution in [2.75, 3.05) is 32.8 Å². The van der Waals surface area contributed by atoms with Gasteiger partial charge in [0.25, 0.3) is 0 Å². The predicted octanol–water partition coefficient (Wildman–Crippen LogP) is 0.858. The Labute approximate surface area is 115 Å². The zero-order chi connectivity index (χ0) is 13.8. The van der Waals surface area contributed by atoms with Crippen LogP contribution >= 0.6 is 0 Å². The average molecular weight is 265 g/mol. The highest BCUT2D eigenvalue weighted by Crippen LogP contribution is 2.26. The maximum absolute atomic E-state index is 12.5. The molecule has 2 aliphatic rings. The molecule has 3 atom stereocenters. The Morgan fingerprint density at radius 1 is 1.42 bits per heavy atom. The van der Waals surface area contributed by atoms with E-state index in [4.69, 9.17) is 10.00 Å². The summed E-state index contributed by atoms with van der Waals surface area (Å²) in [4.78, 5) is 16.6. The van der Waals surface area contributed by atoms with E-state index in [2.05, 4.69) is 17.9 Å². The molecule has 19 heavy (non-hydrogen) atoms. The number of piperazine rings is 1. The highest BCUT2D eigenvalue weighted by Gasteiger charge is 2.36. The lowest BCUT2D eigenvalue weighted by Gasteiger charge is -2.37. The Morgan fingerprint density at radius 3 is 2.68 bits per heavy atom. The monoisotopic (exact) mass is 265 g/mol. The molecule has 2 rings (SSSR count). The van der Waals surface area contributed by atoms with Crippen LogP contribution < -0.4 is 0 Å². The van der Waals surface area contributed by atoms with Crippen molar-refractivity contribution in [3.8, 4) is 6.07 Å². The van der Waals surface area contributed by atoms with Gasteiger partial charge in [0.15, 0.2) is 0 Å². The minimum absolute atomic E-state index is 0.0462. The maximum atomic E-state index is 12.5. The molecule has 0 aromatic rings. The second-order valence-corrected chi connectivity index (χ2v) is 5.38. The van der Waals surface area contributed by atoms with Crippen LogP contribution in [0.5, 0.6) is 0 Å². The van der Waals surface area contributed by atoms with Crippen LogP contribution in [0.1, 0.15) is 26.7 Å². The zero-order valence-corrected chi connectivity index (χ0v) is 11.8. The highest BCUT2D eigenvalue weighted by atomic mass is 16.5. The summed E-state index contributed by atoms with van der Waals surface area (Å²) in [5.74, 6) is 0.290. The molecule has 0 bridgehead atoms. The first-order valence-corrected chi connectivity index (χ1v) is 7.21. The maximum Gasteiger partial charge on any atom is 0.228 e. The largest absolute Gasteiger partial charge is 0.377 e. The van der Waals surface area contributed by atoms with E-state index >= 15 is 0 Å². The van der Waals surface area contributed by atoms with Crippen LogP contribution in [0.2, 0.25) is 0 Å². The van der Waals surface area contributed by atoms with Crippen LogP contribution in [0.15, 0.2) is 0 Å². The molecule has 2 aliphatic heterocycles. The minimum atomic E-state index is -0.0598. The lowest BCUT2D eigenvalue weighted by atomic mass is 9.97. The zero-order valence-electron chi connectivity index (χ0n) is 11.8. The van der Waals surface area contributed by atoms with Crippen molar-refractivity contribution in [3.63, 3.8) is 0 Å². The van der Waals surface area contributed by atoms with Crippen LogP contribution in [-0.4, -0.2) is 60.6 Å². The van der Waals surface area contributed by atoms with Crippen LogP contribution in [0.25, 0.3) is 0 Å². The molecule has 1 amide bonds. The number of carbonyl (C=O) groups is 1. The van der Waals surface area contributed by atoms with E-state index in [0.717, 1.165) is 39.0 Å². The molecular formula is C14H23N3O2. The third-order valence-corrected chi connectivity index (χ3v) is 4.29. The summed E-state index contributed by atoms with van der Waals surface area (Å²) in [7, 11) is 0. The van der Waals surface area contributed by atoms with Crippen molar-refractivity contribution in [3.05, 3.63) is 0 Å². The lowest BCUT2D eigenvalue weighted by Crippen LogP contribution is -2.53. The second kappa shape index (κ2) is 6.36. The average Bonchev–Trinajstić information content (AvgIpc) is 2.94. The molecule has 2 saturated heterocycles. The molecule has 0 aliphatic carbocycles. The van der Waals surface area contributed by atoms with Crippen molar-refractivity contribution in [1.29, 1.82) is 5.26 Å². The summed E-state index contributed by atoms with van der Waals surface area (Å²) in [6.07, 6.45) is 1.86. The van der Waals surface area contributed by atoms with E-state index in [1.807, 2.05) is 11.8 Å². The fourth-order valence-electron chi connectivity index (χ4n) is 2.98. The third-order valence-electron chi connectivity index (χ3n) is 4.29. The van der Waals surface area contributed by atoms with Gasteiger partial charge in [-0.2, -0.15) is 5.26 Å². The summed E-state index contributed by atoms with van der Waals surface area (Å²) in [5.41, 5.74) is 0. The van der Waals surface area contributed by atoms with Crippen LogP contribution in [0.3, 0.4) is 0 Å². The van der Waals surface area contributed by atoms with Crippen molar-refractivity contribution < 1.29 is 9.53 Å². The van der Waals surface area contributed by atoms with E-state index < -0.39 is 0 Å². The molecule has 0 radical (unpaired) electrons. The van der Waals surface area contributed by atoms with E-state index in [1.54, 1.807) is 0 Å². The van der Waals surface area contributed by atoms with E-state index in [-0.39, 0.29) is 24.0 Å². The van der Waals surface area contributed by atoms with Crippen LogP contribution in [-0.2, 0) is 9.53 Å². The van der Waals surface area contributed by atoms with Gasteiger partial charge in [0.2, 0.25) is 5.91 Å². The Hall–Kier alpha value is -1.12. The van der Waals surface area contributed by atoms with Gasteiger partial charge in [0.05, 0.1) is 24.1 Å². The number of rotatable bonds is 3. The van der Waals surface area contributed by atoms with E-state index in [0.29, 0.717) is 6.61 Å². The van der Waals surface area contributed by atoms with Gasteiger partial charge in [0, 0.05) is 32.8 Å². The first-order valence-electron chi connectivity index (χ1n) is 7.21. The molecule has 0 saturated carbocycles. The molecule has 0 spiro atoms. The minimum Gasteiger partial charge on any atom is -0.377 e. The summed E-state index contributed by atoms with van der Waals surface area (Å²) in [6.45, 7) is 7.75. The molecule has 2 heterocycles. The van der Waals surface area contributed by atoms with Crippen molar-refractivity contribution >= 4 is 5.91 Å². The summed E-state index contributed by atoms with van der Waals surface area (Å²) < 4.78 is 5.60. The Bertz CT molecular complexity index is 358. The van der Waals surface area contributed by atoms with Gasteiger partial charge in [-0.1, -0.05) is 6.92 Å². The highest BCUT2D eigenvalue weighted by molar-refractivity contribution is 5.79. The number of carbonyl (C=O) groups excluding carboxylic acids is 1. The lowest BCUT2D eigenvalue weighted by molar-refractivity contribution is -0.139. The normalized spacial score (nSPS) is 30.1. The first-order chi connectivity index (χ1) is 9.17. The molecule has 5 nitrogen and oxygen atoms in total. The number of nitriles is 1. The molecule has 106 valence electrons.